The fraction of sp³-hybridized carbons (Fsp3) is 0.759. The number of aliphatic hydroxyl groups excluding tert-OH is 1. The third-order valence-electron chi connectivity index (χ3n) is 6.83. The summed E-state index contributed by atoms with van der Waals surface area (Å²) < 4.78 is 5.24. The number of hydrogen-bond acceptors (Lipinski definition) is 3. The smallest absolute Gasteiger partial charge is 0.0462 e. The number of allylic oxidation sites excluding steroid dienone is 5. The fourth-order valence-corrected chi connectivity index (χ4v) is 4.11. The molecule has 0 aliphatic rings. The van der Waals surface area contributed by atoms with Gasteiger partial charge in [-0.05, 0) is 75.4 Å². The van der Waals surface area contributed by atoms with Gasteiger partial charge in [0, 0.05) is 37.7 Å². The molecule has 0 fully saturated rings. The molecule has 3 nitrogen and oxygen atoms in total. The summed E-state index contributed by atoms with van der Waals surface area (Å²) >= 11 is 0. The average Bonchev–Trinajstić information content (AvgIpc) is 2.77. The second-order valence-corrected chi connectivity index (χ2v) is 10.1. The third kappa shape index (κ3) is 12.2. The second kappa shape index (κ2) is 17.3. The van der Waals surface area contributed by atoms with Crippen LogP contribution in [-0.2, 0) is 4.74 Å². The van der Waals surface area contributed by atoms with Crippen molar-refractivity contribution in [1.82, 2.24) is 0 Å². The number of ether oxygens (including phenoxy) is 1. The van der Waals surface area contributed by atoms with Crippen LogP contribution >= 0.6 is 0 Å². The zero-order chi connectivity index (χ0) is 24.6. The SMILES string of the molecule is C=CC(=N/C(C)=C(/C=C(\C)C(C)(C)CCCOC)CC)C(CCC)CCCCC(C)CO. The molecular weight excluding hydrogens is 394 g/mol. The van der Waals surface area contributed by atoms with E-state index < -0.39 is 0 Å². The lowest BCUT2D eigenvalue weighted by atomic mass is 9.80. The molecule has 1 N–H and O–H groups in total. The lowest BCUT2D eigenvalue weighted by Gasteiger charge is -2.26. The first kappa shape index (κ1) is 30.8. The van der Waals surface area contributed by atoms with Gasteiger partial charge in [-0.15, -0.1) is 0 Å². The highest BCUT2D eigenvalue weighted by molar-refractivity contribution is 5.97. The summed E-state index contributed by atoms with van der Waals surface area (Å²) in [4.78, 5) is 5.10. The van der Waals surface area contributed by atoms with E-state index >= 15 is 0 Å². The summed E-state index contributed by atoms with van der Waals surface area (Å²) in [5.74, 6) is 0.865. The van der Waals surface area contributed by atoms with E-state index in [2.05, 4.69) is 61.1 Å². The van der Waals surface area contributed by atoms with Gasteiger partial charge in [0.1, 0.15) is 0 Å². The first-order valence-electron chi connectivity index (χ1n) is 12.9. The van der Waals surface area contributed by atoms with Crippen LogP contribution in [0.5, 0.6) is 0 Å². The predicted molar refractivity (Wildman–Crippen MR) is 142 cm³/mol. The van der Waals surface area contributed by atoms with Crippen LogP contribution < -0.4 is 0 Å². The van der Waals surface area contributed by atoms with Crippen molar-refractivity contribution in [3.8, 4) is 0 Å². The molecule has 0 saturated heterocycles. The Hall–Kier alpha value is -1.19. The molecule has 0 radical (unpaired) electrons. The van der Waals surface area contributed by atoms with Crippen molar-refractivity contribution in [1.29, 1.82) is 0 Å². The first-order valence-corrected chi connectivity index (χ1v) is 12.9. The van der Waals surface area contributed by atoms with E-state index in [4.69, 9.17) is 9.73 Å². The zero-order valence-corrected chi connectivity index (χ0v) is 22.6. The molecule has 0 saturated carbocycles. The molecule has 3 heteroatoms. The van der Waals surface area contributed by atoms with Crippen LogP contribution in [0.2, 0.25) is 0 Å². The Labute approximate surface area is 200 Å². The number of unbranched alkanes of at least 4 members (excludes halogenated alkanes) is 1. The number of rotatable bonds is 18. The lowest BCUT2D eigenvalue weighted by molar-refractivity contribution is 0.181. The van der Waals surface area contributed by atoms with E-state index in [9.17, 15) is 5.11 Å². The van der Waals surface area contributed by atoms with Gasteiger partial charge < -0.3 is 9.84 Å². The van der Waals surface area contributed by atoms with Gasteiger partial charge in [0.25, 0.3) is 0 Å². The maximum atomic E-state index is 9.25. The first-order chi connectivity index (χ1) is 15.2. The van der Waals surface area contributed by atoms with Crippen molar-refractivity contribution in [2.24, 2.45) is 22.2 Å². The van der Waals surface area contributed by atoms with Gasteiger partial charge in [-0.3, -0.25) is 4.99 Å². The van der Waals surface area contributed by atoms with E-state index in [1.807, 2.05) is 6.08 Å². The van der Waals surface area contributed by atoms with Crippen molar-refractivity contribution in [3.63, 3.8) is 0 Å². The molecule has 32 heavy (non-hydrogen) atoms. The molecular formula is C29H53NO2. The molecule has 0 aromatic rings. The number of aliphatic imine (C=N–C) groups is 1. The van der Waals surface area contributed by atoms with Crippen molar-refractivity contribution in [2.45, 2.75) is 106 Å². The second-order valence-electron chi connectivity index (χ2n) is 10.1. The maximum Gasteiger partial charge on any atom is 0.0462 e. The van der Waals surface area contributed by atoms with Crippen molar-refractivity contribution in [2.75, 3.05) is 20.3 Å². The summed E-state index contributed by atoms with van der Waals surface area (Å²) in [7, 11) is 1.77. The van der Waals surface area contributed by atoms with Gasteiger partial charge in [-0.1, -0.05) is 72.1 Å². The predicted octanol–water partition coefficient (Wildman–Crippen LogP) is 8.30. The van der Waals surface area contributed by atoms with E-state index in [1.54, 1.807) is 7.11 Å². The van der Waals surface area contributed by atoms with Crippen LogP contribution in [0, 0.1) is 17.3 Å². The summed E-state index contributed by atoms with van der Waals surface area (Å²) in [5.41, 5.74) is 5.12. The van der Waals surface area contributed by atoms with E-state index in [1.165, 1.54) is 24.0 Å². The average molecular weight is 448 g/mol. The quantitative estimate of drug-likeness (QED) is 0.130. The van der Waals surface area contributed by atoms with Crippen LogP contribution in [0.15, 0.2) is 40.6 Å². The Morgan fingerprint density at radius 1 is 1.09 bits per heavy atom. The van der Waals surface area contributed by atoms with E-state index in [0.717, 1.165) is 63.0 Å². The van der Waals surface area contributed by atoms with Crippen molar-refractivity contribution in [3.05, 3.63) is 35.6 Å². The molecule has 186 valence electrons. The molecule has 0 bridgehead atoms. The lowest BCUT2D eigenvalue weighted by Crippen LogP contribution is -2.14. The molecule has 0 aromatic heterocycles. The van der Waals surface area contributed by atoms with Gasteiger partial charge in [0.05, 0.1) is 0 Å². The number of hydrogen-bond donors (Lipinski definition) is 1. The van der Waals surface area contributed by atoms with E-state index in [0.29, 0.717) is 11.8 Å². The fourth-order valence-electron chi connectivity index (χ4n) is 4.11. The van der Waals surface area contributed by atoms with Gasteiger partial charge in [-0.2, -0.15) is 0 Å². The summed E-state index contributed by atoms with van der Waals surface area (Å²) in [5, 5.41) is 9.25. The maximum absolute atomic E-state index is 9.25. The molecule has 0 aliphatic carbocycles. The van der Waals surface area contributed by atoms with Gasteiger partial charge in [-0.25, -0.2) is 0 Å². The number of nitrogens with zero attached hydrogens (tertiary/aromatic N) is 1. The molecule has 0 heterocycles. The Morgan fingerprint density at radius 3 is 2.28 bits per heavy atom. The Morgan fingerprint density at radius 2 is 1.75 bits per heavy atom. The van der Waals surface area contributed by atoms with Crippen LogP contribution in [0.1, 0.15) is 106 Å². The number of aliphatic hydroxyl groups is 1. The minimum absolute atomic E-state index is 0.153. The zero-order valence-electron chi connectivity index (χ0n) is 22.6. The summed E-state index contributed by atoms with van der Waals surface area (Å²) in [6, 6.07) is 0. The monoisotopic (exact) mass is 447 g/mol. The van der Waals surface area contributed by atoms with Crippen LogP contribution in [0.25, 0.3) is 0 Å². The highest BCUT2D eigenvalue weighted by Crippen LogP contribution is 2.33. The minimum Gasteiger partial charge on any atom is -0.396 e. The van der Waals surface area contributed by atoms with Crippen molar-refractivity contribution < 1.29 is 9.84 Å². The molecule has 0 aromatic carbocycles. The minimum atomic E-state index is 0.153. The Kier molecular flexibility index (Phi) is 16.7. The van der Waals surface area contributed by atoms with Gasteiger partial charge in [0.2, 0.25) is 0 Å². The topological polar surface area (TPSA) is 41.8 Å². The molecule has 2 unspecified atom stereocenters. The molecule has 0 aliphatic heterocycles. The third-order valence-corrected chi connectivity index (χ3v) is 6.83. The summed E-state index contributed by atoms with van der Waals surface area (Å²) in [6.07, 6.45) is 14.4. The molecule has 2 atom stereocenters. The van der Waals surface area contributed by atoms with Crippen LogP contribution in [0.3, 0.4) is 0 Å². The molecule has 0 spiro atoms. The van der Waals surface area contributed by atoms with Crippen LogP contribution in [0.4, 0.5) is 0 Å². The highest BCUT2D eigenvalue weighted by atomic mass is 16.5. The molecule has 0 rings (SSSR count). The van der Waals surface area contributed by atoms with Crippen molar-refractivity contribution >= 4 is 5.71 Å². The van der Waals surface area contributed by atoms with Gasteiger partial charge in [0.15, 0.2) is 0 Å². The standard InChI is InChI=1S/C29H53NO2/c1-10-16-27(18-14-13-17-23(4)22-31)28(12-3)30-25(6)26(11-2)21-24(5)29(7,8)19-15-20-32-9/h12,21,23,27,31H,3,10-11,13-20,22H2,1-2,4-9H3/b24-21+,26-25+,30-28?. The largest absolute Gasteiger partial charge is 0.396 e. The number of methoxy groups -OCH3 is 1. The van der Waals surface area contributed by atoms with Crippen LogP contribution in [-0.4, -0.2) is 31.1 Å². The van der Waals surface area contributed by atoms with E-state index in [-0.39, 0.29) is 12.0 Å². The Bertz CT molecular complexity index is 613. The summed E-state index contributed by atoms with van der Waals surface area (Å²) in [6.45, 7) is 20.8. The van der Waals surface area contributed by atoms with Gasteiger partial charge >= 0.3 is 0 Å². The normalized spacial score (nSPS) is 16.0. The highest BCUT2D eigenvalue weighted by Gasteiger charge is 2.20. The molecule has 0 amide bonds. The Balaban J connectivity index is 5.54.